The van der Waals surface area contributed by atoms with Gasteiger partial charge in [-0.15, -0.1) is 0 Å². The number of hydrogen-bond acceptors (Lipinski definition) is 4. The molecule has 0 saturated heterocycles. The third-order valence-electron chi connectivity index (χ3n) is 4.93. The molecule has 0 bridgehead atoms. The van der Waals surface area contributed by atoms with Crippen LogP contribution in [-0.4, -0.2) is 27.4 Å². The number of amides is 1. The van der Waals surface area contributed by atoms with E-state index in [1.54, 1.807) is 10.6 Å². The van der Waals surface area contributed by atoms with Crippen molar-refractivity contribution in [3.63, 3.8) is 0 Å². The Labute approximate surface area is 173 Å². The number of halogens is 1. The minimum Gasteiger partial charge on any atom is -0.449 e. The number of carbonyl (C=O) groups is 2. The maximum atomic E-state index is 12.4. The van der Waals surface area contributed by atoms with Crippen molar-refractivity contribution in [2.45, 2.75) is 32.3 Å². The summed E-state index contributed by atoms with van der Waals surface area (Å²) in [5.74, 6) is -1.01. The normalized spacial score (nSPS) is 14.1. The molecule has 1 aliphatic rings. The molecule has 1 N–H and O–H groups in total. The lowest BCUT2D eigenvalue weighted by molar-refractivity contribution is -0.148. The zero-order valence-corrected chi connectivity index (χ0v) is 16.6. The molecule has 0 fully saturated rings. The zero-order valence-electron chi connectivity index (χ0n) is 15.9. The molecule has 2 aromatic heterocycles. The first-order chi connectivity index (χ1) is 14.0. The van der Waals surface area contributed by atoms with Crippen molar-refractivity contribution >= 4 is 40.9 Å². The molecule has 0 spiro atoms. The van der Waals surface area contributed by atoms with Crippen molar-refractivity contribution in [3.8, 4) is 0 Å². The smallest absolute Gasteiger partial charge is 0.331 e. The summed E-state index contributed by atoms with van der Waals surface area (Å²) in [6.07, 6.45) is 6.88. The second kappa shape index (κ2) is 8.09. The number of fused-ring (bicyclic) bond motifs is 2. The molecule has 3 aromatic rings. The Morgan fingerprint density at radius 3 is 2.93 bits per heavy atom. The molecule has 2 heterocycles. The van der Waals surface area contributed by atoms with E-state index in [9.17, 15) is 9.59 Å². The summed E-state index contributed by atoms with van der Waals surface area (Å²) in [7, 11) is 0. The van der Waals surface area contributed by atoms with Gasteiger partial charge >= 0.3 is 5.97 Å². The lowest BCUT2D eigenvalue weighted by atomic mass is 10.1. The van der Waals surface area contributed by atoms with E-state index in [-0.39, 0.29) is 11.1 Å². The third-order valence-corrected chi connectivity index (χ3v) is 5.21. The lowest BCUT2D eigenvalue weighted by Gasteiger charge is -2.13. The molecule has 4 rings (SSSR count). The Morgan fingerprint density at radius 2 is 2.07 bits per heavy atom. The van der Waals surface area contributed by atoms with Gasteiger partial charge in [-0.2, -0.15) is 0 Å². The number of pyridine rings is 1. The van der Waals surface area contributed by atoms with E-state index in [1.807, 2.05) is 36.4 Å². The summed E-state index contributed by atoms with van der Waals surface area (Å²) in [5.41, 5.74) is 4.55. The first-order valence-corrected chi connectivity index (χ1v) is 9.83. The van der Waals surface area contributed by atoms with Crippen LogP contribution in [0.25, 0.3) is 11.7 Å². The van der Waals surface area contributed by atoms with Crippen molar-refractivity contribution in [1.29, 1.82) is 0 Å². The summed E-state index contributed by atoms with van der Waals surface area (Å²) in [5, 5.41) is 3.08. The number of carbonyl (C=O) groups excluding carboxylic acids is 2. The fraction of sp³-hybridized carbons (Fsp3) is 0.227. The highest BCUT2D eigenvalue weighted by atomic mass is 35.5. The van der Waals surface area contributed by atoms with Crippen LogP contribution in [0.5, 0.6) is 0 Å². The van der Waals surface area contributed by atoms with E-state index in [2.05, 4.69) is 10.3 Å². The summed E-state index contributed by atoms with van der Waals surface area (Å²) in [6, 6.07) is 11.4. The third kappa shape index (κ3) is 4.17. The van der Waals surface area contributed by atoms with Gasteiger partial charge in [0.15, 0.2) is 11.3 Å². The van der Waals surface area contributed by atoms with E-state index in [0.717, 1.165) is 19.3 Å². The van der Waals surface area contributed by atoms with Gasteiger partial charge in [0, 0.05) is 18.0 Å². The van der Waals surface area contributed by atoms with Crippen LogP contribution in [-0.2, 0) is 27.2 Å². The quantitative estimate of drug-likeness (QED) is 0.509. The number of anilines is 1. The standard InChI is InChI=1S/C22H20ClN3O3/c1-14(22(28)24-17-9-8-15-5-4-6-16(15)13-17)29-20(27)11-10-18-21(23)25-19-7-2-3-12-26(18)19/h2-3,7-14H,4-6H2,1H3,(H,24,28)/b11-10+/t14-/m1/s1. The number of aryl methyl sites for hydroxylation is 2. The summed E-state index contributed by atoms with van der Waals surface area (Å²) in [4.78, 5) is 28.7. The first-order valence-electron chi connectivity index (χ1n) is 9.45. The van der Waals surface area contributed by atoms with E-state index >= 15 is 0 Å². The number of aromatic nitrogens is 2. The van der Waals surface area contributed by atoms with Crippen molar-refractivity contribution in [2.75, 3.05) is 5.32 Å². The average Bonchev–Trinajstić information content (AvgIpc) is 3.29. The number of nitrogens with zero attached hydrogens (tertiary/aromatic N) is 2. The topological polar surface area (TPSA) is 72.7 Å². The van der Waals surface area contributed by atoms with Gasteiger partial charge in [0.25, 0.3) is 5.91 Å². The fourth-order valence-electron chi connectivity index (χ4n) is 3.44. The lowest BCUT2D eigenvalue weighted by Crippen LogP contribution is -2.29. The van der Waals surface area contributed by atoms with Gasteiger partial charge < -0.3 is 10.1 Å². The molecule has 0 unspecified atom stereocenters. The second-order valence-corrected chi connectivity index (χ2v) is 7.31. The molecule has 1 aliphatic carbocycles. The Bertz CT molecular complexity index is 1120. The van der Waals surface area contributed by atoms with Crippen LogP contribution in [0.3, 0.4) is 0 Å². The van der Waals surface area contributed by atoms with Crippen LogP contribution in [0, 0.1) is 0 Å². The molecule has 148 valence electrons. The van der Waals surface area contributed by atoms with Gasteiger partial charge in [0.2, 0.25) is 0 Å². The number of esters is 1. The molecule has 1 aromatic carbocycles. The molecule has 0 radical (unpaired) electrons. The second-order valence-electron chi connectivity index (χ2n) is 6.96. The minimum absolute atomic E-state index is 0.280. The van der Waals surface area contributed by atoms with Crippen LogP contribution in [0.15, 0.2) is 48.7 Å². The highest BCUT2D eigenvalue weighted by Gasteiger charge is 2.18. The highest BCUT2D eigenvalue weighted by molar-refractivity contribution is 6.31. The predicted octanol–water partition coefficient (Wildman–Crippen LogP) is 4.06. The molecule has 1 amide bonds. The molecule has 6 nitrogen and oxygen atoms in total. The number of benzene rings is 1. The average molecular weight is 410 g/mol. The van der Waals surface area contributed by atoms with Crippen LogP contribution >= 0.6 is 11.6 Å². The molecule has 1 atom stereocenters. The minimum atomic E-state index is -0.932. The number of nitrogens with one attached hydrogen (secondary N) is 1. The molecule has 7 heteroatoms. The maximum Gasteiger partial charge on any atom is 0.331 e. The molecule has 0 aliphatic heterocycles. The Morgan fingerprint density at radius 1 is 1.24 bits per heavy atom. The Balaban J connectivity index is 1.38. The largest absolute Gasteiger partial charge is 0.449 e. The van der Waals surface area contributed by atoms with Crippen LogP contribution in [0.2, 0.25) is 5.15 Å². The number of hydrogen-bond donors (Lipinski definition) is 1. The van der Waals surface area contributed by atoms with Crippen molar-refractivity contribution in [3.05, 3.63) is 70.6 Å². The van der Waals surface area contributed by atoms with Gasteiger partial charge in [0.05, 0.1) is 5.69 Å². The fourth-order valence-corrected chi connectivity index (χ4v) is 3.68. The van der Waals surface area contributed by atoms with E-state index in [1.165, 1.54) is 30.2 Å². The molecular weight excluding hydrogens is 390 g/mol. The molecule has 0 saturated carbocycles. The summed E-state index contributed by atoms with van der Waals surface area (Å²) in [6.45, 7) is 1.54. The van der Waals surface area contributed by atoms with Crippen LogP contribution in [0.1, 0.15) is 30.2 Å². The molecular formula is C22H20ClN3O3. The maximum absolute atomic E-state index is 12.4. The number of imidazole rings is 1. The van der Waals surface area contributed by atoms with Gasteiger partial charge in [-0.25, -0.2) is 9.78 Å². The van der Waals surface area contributed by atoms with Gasteiger partial charge in [-0.1, -0.05) is 23.7 Å². The predicted molar refractivity (Wildman–Crippen MR) is 112 cm³/mol. The van der Waals surface area contributed by atoms with Gasteiger partial charge in [-0.05, 0) is 67.7 Å². The van der Waals surface area contributed by atoms with Crippen molar-refractivity contribution in [1.82, 2.24) is 9.38 Å². The van der Waals surface area contributed by atoms with E-state index < -0.39 is 12.1 Å². The van der Waals surface area contributed by atoms with E-state index in [0.29, 0.717) is 17.0 Å². The highest BCUT2D eigenvalue weighted by Crippen LogP contribution is 2.25. The monoisotopic (exact) mass is 409 g/mol. The van der Waals surface area contributed by atoms with Crippen LogP contribution < -0.4 is 5.32 Å². The van der Waals surface area contributed by atoms with Gasteiger partial charge in [0.1, 0.15) is 5.65 Å². The number of rotatable bonds is 5. The molecule has 29 heavy (non-hydrogen) atoms. The number of ether oxygens (including phenoxy) is 1. The SMILES string of the molecule is C[C@@H](OC(=O)/C=C/c1c(Cl)nc2ccccn12)C(=O)Nc1ccc2c(c1)CCC2. The van der Waals surface area contributed by atoms with Gasteiger partial charge in [-0.3, -0.25) is 9.20 Å². The zero-order chi connectivity index (χ0) is 20.4. The first kappa shape index (κ1) is 19.2. The summed E-state index contributed by atoms with van der Waals surface area (Å²) >= 11 is 6.14. The van der Waals surface area contributed by atoms with E-state index in [4.69, 9.17) is 16.3 Å². The Hall–Kier alpha value is -3.12. The summed E-state index contributed by atoms with van der Waals surface area (Å²) < 4.78 is 6.98. The van der Waals surface area contributed by atoms with Crippen molar-refractivity contribution in [2.24, 2.45) is 0 Å². The van der Waals surface area contributed by atoms with Crippen molar-refractivity contribution < 1.29 is 14.3 Å². The Kier molecular flexibility index (Phi) is 5.36. The van der Waals surface area contributed by atoms with Crippen LogP contribution in [0.4, 0.5) is 5.69 Å².